The van der Waals surface area contributed by atoms with Crippen molar-refractivity contribution in [3.8, 4) is 6.07 Å². The van der Waals surface area contributed by atoms with E-state index < -0.39 is 6.10 Å². The predicted octanol–water partition coefficient (Wildman–Crippen LogP) is 3.48. The molecule has 0 aromatic heterocycles. The lowest BCUT2D eigenvalue weighted by atomic mass is 9.85. The van der Waals surface area contributed by atoms with E-state index in [1.807, 2.05) is 12.1 Å². The molecule has 1 heterocycles. The van der Waals surface area contributed by atoms with Crippen LogP contribution in [-0.4, -0.2) is 17.7 Å². The van der Waals surface area contributed by atoms with Gasteiger partial charge in [0.2, 0.25) is 0 Å². The Morgan fingerprint density at radius 3 is 2.65 bits per heavy atom. The first-order valence-electron chi connectivity index (χ1n) is 7.42. The van der Waals surface area contributed by atoms with Gasteiger partial charge in [0.05, 0.1) is 17.7 Å². The van der Waals surface area contributed by atoms with Gasteiger partial charge in [-0.25, -0.2) is 0 Å². The molecule has 4 unspecified atom stereocenters. The summed E-state index contributed by atoms with van der Waals surface area (Å²) in [6.07, 6.45) is 0.720. The molecule has 108 valence electrons. The molecule has 1 aliphatic heterocycles. The third-order valence-corrected chi connectivity index (χ3v) is 4.52. The van der Waals surface area contributed by atoms with Gasteiger partial charge < -0.3 is 10.0 Å². The van der Waals surface area contributed by atoms with Gasteiger partial charge in [0, 0.05) is 23.8 Å². The number of rotatable bonds is 2. The van der Waals surface area contributed by atoms with Gasteiger partial charge in [-0.1, -0.05) is 19.9 Å². The summed E-state index contributed by atoms with van der Waals surface area (Å²) in [5, 5.41) is 19.1. The van der Waals surface area contributed by atoms with Crippen LogP contribution < -0.4 is 4.90 Å². The summed E-state index contributed by atoms with van der Waals surface area (Å²) in [6.45, 7) is 9.56. The Kier molecular flexibility index (Phi) is 4.35. The molecule has 3 heteroatoms. The Bertz CT molecular complexity index is 518. The molecule has 4 atom stereocenters. The van der Waals surface area contributed by atoms with E-state index in [-0.39, 0.29) is 0 Å². The van der Waals surface area contributed by atoms with E-state index in [2.05, 4.69) is 31.7 Å². The van der Waals surface area contributed by atoms with Crippen LogP contribution in [-0.2, 0) is 0 Å². The Morgan fingerprint density at radius 1 is 1.35 bits per heavy atom. The summed E-state index contributed by atoms with van der Waals surface area (Å²) < 4.78 is 0. The van der Waals surface area contributed by atoms with Gasteiger partial charge >= 0.3 is 0 Å². The minimum atomic E-state index is -0.516. The number of nitrogens with zero attached hydrogens (tertiary/aromatic N) is 2. The SMILES string of the molecule is CC1CC(C)C(C)N(c2cc(C#N)ccc2C(C)O)C1. The van der Waals surface area contributed by atoms with Crippen molar-refractivity contribution in [2.45, 2.75) is 46.3 Å². The number of aliphatic hydroxyl groups is 1. The van der Waals surface area contributed by atoms with Gasteiger partial charge in [-0.2, -0.15) is 5.26 Å². The van der Waals surface area contributed by atoms with Crippen molar-refractivity contribution < 1.29 is 5.11 Å². The summed E-state index contributed by atoms with van der Waals surface area (Å²) in [7, 11) is 0. The summed E-state index contributed by atoms with van der Waals surface area (Å²) in [5.74, 6) is 1.25. The fourth-order valence-corrected chi connectivity index (χ4v) is 3.25. The number of nitriles is 1. The van der Waals surface area contributed by atoms with E-state index in [0.29, 0.717) is 23.4 Å². The molecule has 1 aromatic rings. The smallest absolute Gasteiger partial charge is 0.0992 e. The van der Waals surface area contributed by atoms with E-state index in [1.54, 1.807) is 13.0 Å². The molecule has 3 nitrogen and oxygen atoms in total. The van der Waals surface area contributed by atoms with E-state index in [0.717, 1.165) is 17.8 Å². The van der Waals surface area contributed by atoms with Crippen LogP contribution >= 0.6 is 0 Å². The highest BCUT2D eigenvalue weighted by Gasteiger charge is 2.30. The summed E-state index contributed by atoms with van der Waals surface area (Å²) in [4.78, 5) is 2.36. The fraction of sp³-hybridized carbons (Fsp3) is 0.588. The molecule has 1 N–H and O–H groups in total. The number of anilines is 1. The van der Waals surface area contributed by atoms with Gasteiger partial charge in [-0.05, 0) is 44.2 Å². The van der Waals surface area contributed by atoms with E-state index in [4.69, 9.17) is 5.26 Å². The van der Waals surface area contributed by atoms with Crippen LogP contribution in [0.3, 0.4) is 0 Å². The fourth-order valence-electron chi connectivity index (χ4n) is 3.25. The monoisotopic (exact) mass is 272 g/mol. The molecule has 2 rings (SSSR count). The molecule has 0 radical (unpaired) electrons. The molecule has 1 saturated heterocycles. The van der Waals surface area contributed by atoms with Crippen molar-refractivity contribution in [2.24, 2.45) is 11.8 Å². The Balaban J connectivity index is 2.46. The van der Waals surface area contributed by atoms with Crippen molar-refractivity contribution in [3.63, 3.8) is 0 Å². The quantitative estimate of drug-likeness (QED) is 0.896. The predicted molar refractivity (Wildman–Crippen MR) is 81.5 cm³/mol. The zero-order chi connectivity index (χ0) is 14.9. The Hall–Kier alpha value is -1.53. The highest BCUT2D eigenvalue weighted by atomic mass is 16.3. The van der Waals surface area contributed by atoms with Gasteiger partial charge in [0.15, 0.2) is 0 Å². The average Bonchev–Trinajstić information content (AvgIpc) is 2.42. The van der Waals surface area contributed by atoms with Gasteiger partial charge in [0.25, 0.3) is 0 Å². The van der Waals surface area contributed by atoms with E-state index in [9.17, 15) is 5.11 Å². The number of hydrogen-bond donors (Lipinski definition) is 1. The number of piperidine rings is 1. The lowest BCUT2D eigenvalue weighted by Crippen LogP contribution is -2.46. The van der Waals surface area contributed by atoms with Crippen molar-refractivity contribution in [1.29, 1.82) is 5.26 Å². The largest absolute Gasteiger partial charge is 0.389 e. The molecule has 0 saturated carbocycles. The highest BCUT2D eigenvalue weighted by molar-refractivity contribution is 5.59. The first-order valence-corrected chi connectivity index (χ1v) is 7.42. The van der Waals surface area contributed by atoms with Gasteiger partial charge in [0.1, 0.15) is 0 Å². The molecule has 20 heavy (non-hydrogen) atoms. The van der Waals surface area contributed by atoms with Crippen LogP contribution in [0.2, 0.25) is 0 Å². The van der Waals surface area contributed by atoms with Crippen LogP contribution in [0.25, 0.3) is 0 Å². The molecular weight excluding hydrogens is 248 g/mol. The van der Waals surface area contributed by atoms with Crippen LogP contribution in [0.5, 0.6) is 0 Å². The second-order valence-electron chi connectivity index (χ2n) is 6.27. The Labute approximate surface area is 121 Å². The van der Waals surface area contributed by atoms with Crippen molar-refractivity contribution in [3.05, 3.63) is 29.3 Å². The van der Waals surface area contributed by atoms with Gasteiger partial charge in [-0.3, -0.25) is 0 Å². The number of benzene rings is 1. The first kappa shape index (κ1) is 14.9. The van der Waals surface area contributed by atoms with Crippen LogP contribution in [0.15, 0.2) is 18.2 Å². The van der Waals surface area contributed by atoms with Crippen molar-refractivity contribution in [2.75, 3.05) is 11.4 Å². The summed E-state index contributed by atoms with van der Waals surface area (Å²) in [6, 6.07) is 8.22. The van der Waals surface area contributed by atoms with E-state index >= 15 is 0 Å². The zero-order valence-electron chi connectivity index (χ0n) is 12.8. The topological polar surface area (TPSA) is 47.3 Å². The second-order valence-corrected chi connectivity index (χ2v) is 6.27. The molecule has 0 aliphatic carbocycles. The first-order chi connectivity index (χ1) is 9.43. The third-order valence-electron chi connectivity index (χ3n) is 4.52. The lowest BCUT2D eigenvalue weighted by molar-refractivity contribution is 0.198. The molecule has 1 aliphatic rings. The van der Waals surface area contributed by atoms with Crippen molar-refractivity contribution >= 4 is 5.69 Å². The highest BCUT2D eigenvalue weighted by Crippen LogP contribution is 2.35. The summed E-state index contributed by atoms with van der Waals surface area (Å²) >= 11 is 0. The average molecular weight is 272 g/mol. The van der Waals surface area contributed by atoms with Crippen LogP contribution in [0.1, 0.15) is 51.3 Å². The van der Waals surface area contributed by atoms with Crippen molar-refractivity contribution in [1.82, 2.24) is 0 Å². The molecular formula is C17H24N2O. The third kappa shape index (κ3) is 2.81. The van der Waals surface area contributed by atoms with Gasteiger partial charge in [-0.15, -0.1) is 0 Å². The minimum Gasteiger partial charge on any atom is -0.389 e. The maximum absolute atomic E-state index is 10.0. The molecule has 0 bridgehead atoms. The molecule has 1 aromatic carbocycles. The van der Waals surface area contributed by atoms with E-state index in [1.165, 1.54) is 6.42 Å². The summed E-state index contributed by atoms with van der Waals surface area (Å²) in [5.41, 5.74) is 2.59. The molecule has 1 fully saturated rings. The molecule has 0 spiro atoms. The maximum Gasteiger partial charge on any atom is 0.0992 e. The second kappa shape index (κ2) is 5.85. The number of hydrogen-bond acceptors (Lipinski definition) is 3. The normalized spacial score (nSPS) is 28.0. The Morgan fingerprint density at radius 2 is 2.05 bits per heavy atom. The standard InChI is InChI=1S/C17H24N2O/c1-11-7-12(2)13(3)19(10-11)17-8-15(9-18)5-6-16(17)14(4)20/h5-6,8,11-14,20H,7,10H2,1-4H3. The number of aliphatic hydroxyl groups excluding tert-OH is 1. The molecule has 0 amide bonds. The maximum atomic E-state index is 10.0. The van der Waals surface area contributed by atoms with Crippen LogP contribution in [0, 0.1) is 23.2 Å². The lowest BCUT2D eigenvalue weighted by Gasteiger charge is -2.43. The zero-order valence-corrected chi connectivity index (χ0v) is 12.8. The minimum absolute atomic E-state index is 0.428. The van der Waals surface area contributed by atoms with Crippen LogP contribution in [0.4, 0.5) is 5.69 Å².